The van der Waals surface area contributed by atoms with E-state index in [0.29, 0.717) is 0 Å². The van der Waals surface area contributed by atoms with Gasteiger partial charge in [-0.1, -0.05) is 6.92 Å². The zero-order chi connectivity index (χ0) is 12.1. The van der Waals surface area contributed by atoms with Gasteiger partial charge < -0.3 is 4.48 Å². The first-order valence-corrected chi connectivity index (χ1v) is 8.47. The van der Waals surface area contributed by atoms with Crippen molar-refractivity contribution in [3.63, 3.8) is 0 Å². The van der Waals surface area contributed by atoms with Crippen LogP contribution in [0.5, 0.6) is 0 Å². The fraction of sp³-hybridized carbons (Fsp3) is 1.00. The van der Waals surface area contributed by atoms with Crippen molar-refractivity contribution in [2.45, 2.75) is 64.0 Å². The molecule has 0 spiro atoms. The Bertz CT molecular complexity index is 390. The highest BCUT2D eigenvalue weighted by Gasteiger charge is 2.72. The topological polar surface area (TPSA) is 0 Å². The molecule has 0 aromatic heterocycles. The fourth-order valence-electron chi connectivity index (χ4n) is 7.13. The number of rotatable bonds is 3. The Kier molecular flexibility index (Phi) is 1.78. The van der Waals surface area contributed by atoms with Gasteiger partial charge in [-0.3, -0.25) is 0 Å². The lowest BCUT2D eigenvalue weighted by atomic mass is 9.28. The summed E-state index contributed by atoms with van der Waals surface area (Å²) >= 11 is 0. The SMILES string of the molecule is C[C@H]1CC[C@H]1[N+]1(C)CCC1CC12CC3CC(C1)C32. The minimum absolute atomic E-state index is 0.894. The van der Waals surface area contributed by atoms with Crippen LogP contribution in [0.25, 0.3) is 0 Å². The van der Waals surface area contributed by atoms with Crippen LogP contribution in [0.3, 0.4) is 0 Å². The third-order valence-corrected chi connectivity index (χ3v) is 8.42. The van der Waals surface area contributed by atoms with Crippen molar-refractivity contribution < 1.29 is 4.48 Å². The third kappa shape index (κ3) is 0.994. The Morgan fingerprint density at radius 2 is 1.89 bits per heavy atom. The molecule has 0 N–H and O–H groups in total. The second kappa shape index (κ2) is 3.00. The summed E-state index contributed by atoms with van der Waals surface area (Å²) in [7, 11) is 2.60. The number of nitrogens with zero attached hydrogens (tertiary/aromatic N) is 1. The lowest BCUT2D eigenvalue weighted by Gasteiger charge is -2.77. The van der Waals surface area contributed by atoms with Crippen LogP contribution in [0.1, 0.15) is 51.9 Å². The van der Waals surface area contributed by atoms with E-state index < -0.39 is 0 Å². The summed E-state index contributed by atoms with van der Waals surface area (Å²) in [5.41, 5.74) is 0.894. The molecule has 4 saturated carbocycles. The molecule has 1 saturated heterocycles. The van der Waals surface area contributed by atoms with Crippen LogP contribution < -0.4 is 0 Å². The normalized spacial score (nSPS) is 67.7. The van der Waals surface area contributed by atoms with Crippen molar-refractivity contribution in [2.75, 3.05) is 13.6 Å². The van der Waals surface area contributed by atoms with Gasteiger partial charge in [0, 0.05) is 25.2 Å². The van der Waals surface area contributed by atoms with E-state index in [9.17, 15) is 0 Å². The molecule has 6 atom stereocenters. The van der Waals surface area contributed by atoms with Crippen LogP contribution in [-0.2, 0) is 0 Å². The van der Waals surface area contributed by atoms with E-state index in [-0.39, 0.29) is 0 Å². The average Bonchev–Trinajstić information content (AvgIpc) is 2.32. The summed E-state index contributed by atoms with van der Waals surface area (Å²) in [6.07, 6.45) is 11.1. The predicted molar refractivity (Wildman–Crippen MR) is 73.0 cm³/mol. The number of quaternary nitrogens is 1. The van der Waals surface area contributed by atoms with Crippen molar-refractivity contribution in [2.24, 2.45) is 29.1 Å². The molecule has 5 rings (SSSR count). The molecule has 5 fully saturated rings. The van der Waals surface area contributed by atoms with E-state index in [2.05, 4.69) is 14.0 Å². The average molecular weight is 246 g/mol. The molecule has 0 radical (unpaired) electrons. The monoisotopic (exact) mass is 246 g/mol. The quantitative estimate of drug-likeness (QED) is 0.669. The van der Waals surface area contributed by atoms with E-state index >= 15 is 0 Å². The molecule has 0 aromatic carbocycles. The second-order valence-electron chi connectivity index (χ2n) is 8.89. The first kappa shape index (κ1) is 10.7. The van der Waals surface area contributed by atoms with Crippen LogP contribution in [0, 0.1) is 29.1 Å². The molecule has 1 aliphatic heterocycles. The zero-order valence-corrected chi connectivity index (χ0v) is 12.1. The third-order valence-electron chi connectivity index (χ3n) is 8.42. The molecular formula is C17H28N+. The molecule has 1 heterocycles. The second-order valence-corrected chi connectivity index (χ2v) is 8.89. The number of hydrogen-bond donors (Lipinski definition) is 0. The summed E-state index contributed by atoms with van der Waals surface area (Å²) in [5, 5.41) is 0. The van der Waals surface area contributed by atoms with E-state index in [1.165, 1.54) is 41.6 Å². The Hall–Kier alpha value is -0.0400. The van der Waals surface area contributed by atoms with E-state index in [0.717, 1.165) is 23.4 Å². The van der Waals surface area contributed by atoms with Crippen molar-refractivity contribution in [3.8, 4) is 0 Å². The first-order chi connectivity index (χ1) is 8.62. The van der Waals surface area contributed by atoms with Gasteiger partial charge in [-0.2, -0.15) is 0 Å². The molecule has 1 heteroatoms. The highest BCUT2D eigenvalue weighted by molar-refractivity contribution is 5.20. The Morgan fingerprint density at radius 1 is 1.11 bits per heavy atom. The molecule has 1 nitrogen and oxygen atoms in total. The van der Waals surface area contributed by atoms with Gasteiger partial charge in [0.1, 0.15) is 0 Å². The van der Waals surface area contributed by atoms with E-state index in [1.807, 2.05) is 0 Å². The largest absolute Gasteiger partial charge is 0.321 e. The van der Waals surface area contributed by atoms with Crippen molar-refractivity contribution in [1.82, 2.24) is 0 Å². The van der Waals surface area contributed by atoms with Gasteiger partial charge in [0.2, 0.25) is 0 Å². The summed E-state index contributed by atoms with van der Waals surface area (Å²) in [4.78, 5) is 0. The maximum Gasteiger partial charge on any atom is 0.0950 e. The molecule has 100 valence electrons. The van der Waals surface area contributed by atoms with Crippen LogP contribution in [0.15, 0.2) is 0 Å². The summed E-state index contributed by atoms with van der Waals surface area (Å²) in [6, 6.07) is 2.09. The van der Waals surface area contributed by atoms with Gasteiger partial charge in [0.25, 0.3) is 0 Å². The predicted octanol–water partition coefficient (Wildman–Crippen LogP) is 3.44. The molecule has 0 amide bonds. The van der Waals surface area contributed by atoms with E-state index in [1.54, 1.807) is 32.1 Å². The molecule has 18 heavy (non-hydrogen) atoms. The molecule has 0 aromatic rings. The van der Waals surface area contributed by atoms with Crippen LogP contribution in [0.2, 0.25) is 0 Å². The van der Waals surface area contributed by atoms with Crippen molar-refractivity contribution in [3.05, 3.63) is 0 Å². The van der Waals surface area contributed by atoms with Gasteiger partial charge in [-0.05, 0) is 48.9 Å². The maximum absolute atomic E-state index is 2.60. The Labute approximate surface area is 112 Å². The molecular weight excluding hydrogens is 218 g/mol. The highest BCUT2D eigenvalue weighted by atomic mass is 15.4. The first-order valence-electron chi connectivity index (χ1n) is 8.47. The smallest absolute Gasteiger partial charge is 0.0950 e. The van der Waals surface area contributed by atoms with Gasteiger partial charge >= 0.3 is 0 Å². The van der Waals surface area contributed by atoms with Gasteiger partial charge in [-0.25, -0.2) is 0 Å². The lowest BCUT2D eigenvalue weighted by molar-refractivity contribution is -1.00. The summed E-state index contributed by atoms with van der Waals surface area (Å²) in [6.45, 7) is 3.99. The van der Waals surface area contributed by atoms with Crippen LogP contribution in [0.4, 0.5) is 0 Å². The Morgan fingerprint density at radius 3 is 2.28 bits per heavy atom. The molecule has 4 unspecified atom stereocenters. The number of likely N-dealkylation sites (tertiary alicyclic amines) is 1. The minimum Gasteiger partial charge on any atom is -0.321 e. The zero-order valence-electron chi connectivity index (χ0n) is 12.1. The molecule has 0 bridgehead atoms. The van der Waals surface area contributed by atoms with Gasteiger partial charge in [-0.15, -0.1) is 0 Å². The Balaban J connectivity index is 1.30. The highest BCUT2D eigenvalue weighted by Crippen LogP contribution is 2.79. The summed E-state index contributed by atoms with van der Waals surface area (Å²) < 4.78 is 1.48. The fourth-order valence-corrected chi connectivity index (χ4v) is 7.13. The van der Waals surface area contributed by atoms with Crippen molar-refractivity contribution >= 4 is 0 Å². The lowest BCUT2D eigenvalue weighted by Crippen LogP contribution is -2.75. The van der Waals surface area contributed by atoms with Gasteiger partial charge in [0.15, 0.2) is 0 Å². The van der Waals surface area contributed by atoms with Crippen molar-refractivity contribution in [1.29, 1.82) is 0 Å². The molecule has 4 aliphatic carbocycles. The summed E-state index contributed by atoms with van der Waals surface area (Å²) in [5.74, 6) is 4.64. The van der Waals surface area contributed by atoms with Crippen LogP contribution >= 0.6 is 0 Å². The van der Waals surface area contributed by atoms with Crippen LogP contribution in [-0.4, -0.2) is 30.2 Å². The maximum atomic E-state index is 2.60. The standard InChI is InChI=1S/C17H28N/c1-11-3-4-15(11)18(2)6-5-14(18)10-17-8-12-7-13(9-17)16(12)17/h11-16H,3-10H2,1-2H3/q+1/t11-,12?,13?,14?,15+,16?,17?,18?/m0/s1. The number of hydrogen-bond acceptors (Lipinski definition) is 0. The minimum atomic E-state index is 0.894. The van der Waals surface area contributed by atoms with Gasteiger partial charge in [0.05, 0.1) is 25.7 Å². The van der Waals surface area contributed by atoms with E-state index in [4.69, 9.17) is 0 Å². The molecule has 5 aliphatic rings.